The lowest BCUT2D eigenvalue weighted by Gasteiger charge is -2.14. The third kappa shape index (κ3) is 9.95. The van der Waals surface area contributed by atoms with Gasteiger partial charge in [-0.2, -0.15) is 0 Å². The van der Waals surface area contributed by atoms with Crippen molar-refractivity contribution in [3.63, 3.8) is 0 Å². The third-order valence-corrected chi connectivity index (χ3v) is 20.2. The van der Waals surface area contributed by atoms with Gasteiger partial charge in [-0.3, -0.25) is 9.97 Å². The molecule has 6 heteroatoms. The molecular weight excluding hydrogens is 1210 g/mol. The van der Waals surface area contributed by atoms with Crippen LogP contribution in [-0.2, 0) is 0 Å². The predicted octanol–water partition coefficient (Wildman–Crippen LogP) is 24.7. The Morgan fingerprint density at radius 2 is 0.490 bits per heavy atom. The zero-order valence-electron chi connectivity index (χ0n) is 55.0. The maximum atomic E-state index is 5.35. The molecule has 0 fully saturated rings. The zero-order chi connectivity index (χ0) is 66.4. The lowest BCUT2D eigenvalue weighted by atomic mass is 9.93. The highest BCUT2D eigenvalue weighted by atomic mass is 15.0. The molecule has 0 N–H and O–H groups in total. The number of para-hydroxylation sites is 4. The van der Waals surface area contributed by atoms with E-state index in [1.807, 2.05) is 12.4 Å². The van der Waals surface area contributed by atoms with E-state index in [0.29, 0.717) is 0 Å². The average Bonchev–Trinajstić information content (AvgIpc) is 1.11. The molecule has 4 aromatic heterocycles. The van der Waals surface area contributed by atoms with Crippen LogP contribution in [0.15, 0.2) is 340 Å². The molecule has 0 amide bonds. The molecule has 20 aromatic rings. The van der Waals surface area contributed by atoms with Gasteiger partial charge in [0.05, 0.1) is 67.9 Å². The second-order valence-corrected chi connectivity index (χ2v) is 26.3. The van der Waals surface area contributed by atoms with E-state index >= 15 is 0 Å². The predicted molar refractivity (Wildman–Crippen MR) is 420 cm³/mol. The first kappa shape index (κ1) is 58.2. The molecule has 0 radical (unpaired) electrons. The first-order valence-electron chi connectivity index (χ1n) is 34.1. The van der Waals surface area contributed by atoms with Gasteiger partial charge >= 0.3 is 0 Å². The molecule has 4 heterocycles. The van der Waals surface area contributed by atoms with E-state index in [0.717, 1.165) is 77.4 Å². The molecule has 0 bridgehead atoms. The minimum absolute atomic E-state index is 0.856. The van der Waals surface area contributed by atoms with Crippen molar-refractivity contribution in [3.05, 3.63) is 351 Å². The summed E-state index contributed by atoms with van der Waals surface area (Å²) in [4.78, 5) is 20.7. The topological polar surface area (TPSA) is 61.4 Å². The molecule has 0 unspecified atom stereocenters. The Hall–Kier alpha value is -13.2. The molecule has 0 saturated heterocycles. The van der Waals surface area contributed by atoms with Crippen molar-refractivity contribution in [1.29, 1.82) is 0 Å². The summed E-state index contributed by atoms with van der Waals surface area (Å²) in [5.74, 6) is 0. The molecule has 0 aliphatic rings. The highest BCUT2D eigenvalue weighted by Gasteiger charge is 2.20. The van der Waals surface area contributed by atoms with E-state index in [9.17, 15) is 0 Å². The fraction of sp³-hybridized carbons (Fsp3) is 0.0213. The zero-order valence-corrected chi connectivity index (χ0v) is 55.0. The molecule has 0 saturated carbocycles. The Balaban J connectivity index is 0.000000142. The number of aromatic nitrogens is 6. The number of fused-ring (bicyclic) bond motifs is 18. The Morgan fingerprint density at radius 1 is 0.200 bits per heavy atom. The van der Waals surface area contributed by atoms with E-state index in [1.165, 1.54) is 121 Å². The molecular formula is C94H62N6. The monoisotopic (exact) mass is 1270 g/mol. The van der Waals surface area contributed by atoms with Crippen molar-refractivity contribution in [1.82, 2.24) is 29.1 Å². The number of benzene rings is 16. The maximum absolute atomic E-state index is 5.35. The molecule has 20 rings (SSSR count). The fourth-order valence-electron chi connectivity index (χ4n) is 15.3. The van der Waals surface area contributed by atoms with Gasteiger partial charge in [0.25, 0.3) is 0 Å². The second-order valence-electron chi connectivity index (χ2n) is 26.3. The highest BCUT2D eigenvalue weighted by Crippen LogP contribution is 2.42. The number of rotatable bonds is 8. The third-order valence-electron chi connectivity index (χ3n) is 20.2. The van der Waals surface area contributed by atoms with Gasteiger partial charge in [-0.1, -0.05) is 266 Å². The number of hydrogen-bond acceptors (Lipinski definition) is 4. The smallest absolute Gasteiger partial charge is 0.0979 e. The van der Waals surface area contributed by atoms with Crippen LogP contribution in [-0.4, -0.2) is 29.1 Å². The van der Waals surface area contributed by atoms with Crippen molar-refractivity contribution >= 4 is 109 Å². The van der Waals surface area contributed by atoms with Crippen molar-refractivity contribution < 1.29 is 0 Å². The number of aryl methyl sites for hydroxylation is 2. The van der Waals surface area contributed by atoms with Crippen LogP contribution >= 0.6 is 0 Å². The second kappa shape index (κ2) is 23.9. The fourth-order valence-corrected chi connectivity index (χ4v) is 15.3. The normalized spacial score (nSPS) is 11.7. The van der Waals surface area contributed by atoms with Gasteiger partial charge < -0.3 is 9.13 Å². The Labute approximate surface area is 577 Å². The van der Waals surface area contributed by atoms with Gasteiger partial charge in [-0.25, -0.2) is 9.97 Å². The van der Waals surface area contributed by atoms with Gasteiger partial charge in [-0.05, 0) is 153 Å². The van der Waals surface area contributed by atoms with Crippen LogP contribution in [0.25, 0.3) is 187 Å². The summed E-state index contributed by atoms with van der Waals surface area (Å²) in [6, 6.07) is 118. The molecule has 0 spiro atoms. The van der Waals surface area contributed by atoms with Crippen LogP contribution in [0.2, 0.25) is 0 Å². The molecule has 6 nitrogen and oxygen atoms in total. The summed E-state index contributed by atoms with van der Waals surface area (Å²) in [5, 5.41) is 14.3. The van der Waals surface area contributed by atoms with Crippen molar-refractivity contribution in [2.75, 3.05) is 0 Å². The first-order chi connectivity index (χ1) is 49.4. The van der Waals surface area contributed by atoms with Gasteiger partial charge in [0.15, 0.2) is 0 Å². The lowest BCUT2D eigenvalue weighted by Crippen LogP contribution is -1.93. The quantitative estimate of drug-likeness (QED) is 0.142. The summed E-state index contributed by atoms with van der Waals surface area (Å²) in [6.07, 6.45) is 3.84. The van der Waals surface area contributed by atoms with Gasteiger partial charge in [0.2, 0.25) is 0 Å². The van der Waals surface area contributed by atoms with Crippen molar-refractivity contribution in [2.24, 2.45) is 0 Å². The van der Waals surface area contributed by atoms with E-state index in [1.54, 1.807) is 0 Å². The van der Waals surface area contributed by atoms with Crippen LogP contribution in [0.3, 0.4) is 0 Å². The summed E-state index contributed by atoms with van der Waals surface area (Å²) >= 11 is 0. The van der Waals surface area contributed by atoms with Crippen LogP contribution in [0.5, 0.6) is 0 Å². The Bertz CT molecular complexity index is 6620. The maximum Gasteiger partial charge on any atom is 0.0979 e. The lowest BCUT2D eigenvalue weighted by molar-refractivity contribution is 1.18. The molecule has 0 aliphatic heterocycles. The minimum Gasteiger partial charge on any atom is -0.309 e. The van der Waals surface area contributed by atoms with Crippen molar-refractivity contribution in [2.45, 2.75) is 13.8 Å². The first-order valence-corrected chi connectivity index (χ1v) is 34.1. The standard InChI is InChI=1S/C52H33N3.C42H29N3/c1-4-12-34(13-5-1)38-24-27-43-45(30-38)46-31-39(35-14-6-2-7-15-35)25-28-44(46)52-51(43)53-33-48(54-52)37-22-20-36(21-23-37)40-26-29-50-47(32-40)42-18-10-11-19-49(42)55(50)41-16-8-3-9-17-41;1-26-12-19-33-35(22-26)36-23-27(2)13-20-34(36)42-41(33)43-25-38(44-42)29-16-14-28(15-17-29)30-18-21-40-37(24-30)32-10-6-7-11-39(32)45(40)31-8-4-3-5-9-31/h1-33H;3-25H,1-2H3. The molecule has 16 aromatic carbocycles. The summed E-state index contributed by atoms with van der Waals surface area (Å²) in [7, 11) is 0. The van der Waals surface area contributed by atoms with E-state index in [4.69, 9.17) is 19.9 Å². The van der Waals surface area contributed by atoms with E-state index in [2.05, 4.69) is 351 Å². The Kier molecular flexibility index (Phi) is 13.9. The number of nitrogens with zero attached hydrogens (tertiary/aromatic N) is 6. The van der Waals surface area contributed by atoms with E-state index < -0.39 is 0 Å². The molecule has 100 heavy (non-hydrogen) atoms. The van der Waals surface area contributed by atoms with Gasteiger partial charge in [0, 0.05) is 65.6 Å². The van der Waals surface area contributed by atoms with Crippen LogP contribution in [0.1, 0.15) is 11.1 Å². The Morgan fingerprint density at radius 3 is 0.900 bits per heavy atom. The van der Waals surface area contributed by atoms with Gasteiger partial charge in [0.1, 0.15) is 0 Å². The average molecular weight is 1280 g/mol. The largest absolute Gasteiger partial charge is 0.309 e. The highest BCUT2D eigenvalue weighted by molar-refractivity contribution is 6.25. The van der Waals surface area contributed by atoms with E-state index in [-0.39, 0.29) is 0 Å². The summed E-state index contributed by atoms with van der Waals surface area (Å²) in [5.41, 5.74) is 26.7. The minimum atomic E-state index is 0.856. The number of hydrogen-bond donors (Lipinski definition) is 0. The molecule has 0 aliphatic carbocycles. The van der Waals surface area contributed by atoms with Crippen LogP contribution in [0.4, 0.5) is 0 Å². The van der Waals surface area contributed by atoms with Crippen LogP contribution < -0.4 is 0 Å². The summed E-state index contributed by atoms with van der Waals surface area (Å²) in [6.45, 7) is 4.29. The SMILES string of the molecule is Cc1ccc2c(c1)c1cc(C)ccc1c1nc(-c3ccc(-c4ccc5c(c4)c4ccccc4n5-c4ccccc4)cc3)cnc21.c1ccc(-c2ccc3c(c2)c2cc(-c4ccccc4)ccc2c2nc(-c4ccc(-c5ccc6c(c5)c5ccccc5n6-c5ccccc5)cc4)cnc32)cc1. The van der Waals surface area contributed by atoms with Gasteiger partial charge in [-0.15, -0.1) is 0 Å². The van der Waals surface area contributed by atoms with Crippen molar-refractivity contribution in [3.8, 4) is 78.4 Å². The van der Waals surface area contributed by atoms with Crippen LogP contribution in [0, 0.1) is 13.8 Å². The molecule has 468 valence electrons. The summed E-state index contributed by atoms with van der Waals surface area (Å²) < 4.78 is 4.71. The molecule has 0 atom stereocenters.